The Morgan fingerprint density at radius 2 is 1.35 bits per heavy atom. The van der Waals surface area contributed by atoms with E-state index < -0.39 is 20.8 Å². The fraction of sp³-hybridized carbons (Fsp3) is 0.333. The van der Waals surface area contributed by atoms with Crippen molar-refractivity contribution in [2.45, 2.75) is 50.5 Å². The molecule has 0 N–H and O–H groups in total. The number of fused-ring (bicyclic) bond motifs is 3. The molecule has 0 bridgehead atoms. The smallest absolute Gasteiger partial charge is 0.0266 e. The van der Waals surface area contributed by atoms with Crippen LogP contribution in [0.1, 0.15) is 49.7 Å². The topological polar surface area (TPSA) is 0 Å². The molecule has 163 valence electrons. The molecule has 0 aromatic heterocycles. The van der Waals surface area contributed by atoms with E-state index in [4.69, 9.17) is 17.0 Å². The quantitative estimate of drug-likeness (QED) is 0.242. The molecular formula is C24H24Cl2F3SiZr. The van der Waals surface area contributed by atoms with Gasteiger partial charge in [0.15, 0.2) is 0 Å². The van der Waals surface area contributed by atoms with Crippen molar-refractivity contribution in [1.82, 2.24) is 0 Å². The molecule has 3 aliphatic carbocycles. The van der Waals surface area contributed by atoms with E-state index >= 15 is 0 Å². The van der Waals surface area contributed by atoms with Gasteiger partial charge in [0, 0.05) is 10.2 Å². The van der Waals surface area contributed by atoms with Gasteiger partial charge in [-0.2, -0.15) is 0 Å². The molecule has 0 aliphatic heterocycles. The molecule has 1 fully saturated rings. The van der Waals surface area contributed by atoms with E-state index in [1.54, 1.807) is 24.3 Å². The first kappa shape index (κ1) is 26.6. The van der Waals surface area contributed by atoms with Crippen LogP contribution in [-0.4, -0.2) is 10.2 Å². The van der Waals surface area contributed by atoms with Crippen LogP contribution in [0.2, 0.25) is 5.54 Å². The third kappa shape index (κ3) is 9.42. The molecule has 5 rings (SSSR count). The first-order valence-electron chi connectivity index (χ1n) is 10.2. The van der Waals surface area contributed by atoms with Crippen molar-refractivity contribution >= 4 is 27.3 Å². The second-order valence-electron chi connectivity index (χ2n) is 7.41. The molecule has 7 heteroatoms. The van der Waals surface area contributed by atoms with Crippen LogP contribution in [0.4, 0.5) is 13.2 Å². The summed E-state index contributed by atoms with van der Waals surface area (Å²) in [6.07, 6.45) is 13.5. The molecule has 1 saturated carbocycles. The summed E-state index contributed by atoms with van der Waals surface area (Å²) in [6, 6.07) is 9.37. The van der Waals surface area contributed by atoms with Crippen LogP contribution in [0.5, 0.6) is 0 Å². The molecule has 0 nitrogen and oxygen atoms in total. The van der Waals surface area contributed by atoms with Gasteiger partial charge in [-0.15, -0.1) is 0 Å². The zero-order chi connectivity index (χ0) is 22.6. The Hall–Kier alpha value is -0.610. The molecule has 0 atom stereocenters. The van der Waals surface area contributed by atoms with E-state index in [1.807, 2.05) is 0 Å². The SMILES string of the molecule is FC1=CCC=C1.Fc1ccc2c(c1)-c1cc(F)ccc1C2.[Cl][Zr][Cl].[Si]C1CCCCC1. The van der Waals surface area contributed by atoms with Crippen molar-refractivity contribution in [2.24, 2.45) is 0 Å². The number of rotatable bonds is 0. The fourth-order valence-electron chi connectivity index (χ4n) is 3.64. The largest absolute Gasteiger partial charge is 0.0535 e. The van der Waals surface area contributed by atoms with Crippen LogP contribution >= 0.6 is 17.0 Å². The van der Waals surface area contributed by atoms with Crippen LogP contribution in [0.15, 0.2) is 60.5 Å². The summed E-state index contributed by atoms with van der Waals surface area (Å²) in [4.78, 5) is 0. The van der Waals surface area contributed by atoms with Gasteiger partial charge in [0.2, 0.25) is 0 Å². The van der Waals surface area contributed by atoms with Crippen LogP contribution in [-0.2, 0) is 27.3 Å². The van der Waals surface area contributed by atoms with E-state index in [0.29, 0.717) is 0 Å². The second-order valence-corrected chi connectivity index (χ2v) is 12.0. The summed E-state index contributed by atoms with van der Waals surface area (Å²) in [5, 5.41) is 0. The number of halogens is 5. The predicted molar refractivity (Wildman–Crippen MR) is 122 cm³/mol. The van der Waals surface area contributed by atoms with Gasteiger partial charge in [-0.25, -0.2) is 13.2 Å². The van der Waals surface area contributed by atoms with Gasteiger partial charge in [-0.3, -0.25) is 0 Å². The maximum absolute atomic E-state index is 13.1. The minimum Gasteiger partial charge on any atom is -0.0535 e. The number of benzene rings is 2. The van der Waals surface area contributed by atoms with Gasteiger partial charge in [0.05, 0.1) is 0 Å². The van der Waals surface area contributed by atoms with Crippen molar-refractivity contribution < 1.29 is 34.0 Å². The maximum Gasteiger partial charge on any atom is 0.0266 e. The summed E-state index contributed by atoms with van der Waals surface area (Å²) in [5.41, 5.74) is 4.62. The molecule has 0 heterocycles. The molecule has 0 spiro atoms. The van der Waals surface area contributed by atoms with Gasteiger partial charge in [-0.1, -0.05) is 55.9 Å². The van der Waals surface area contributed by atoms with Gasteiger partial charge in [0.1, 0.15) is 17.5 Å². The van der Waals surface area contributed by atoms with Crippen LogP contribution in [0.3, 0.4) is 0 Å². The zero-order valence-corrected chi connectivity index (χ0v) is 22.1. The van der Waals surface area contributed by atoms with Gasteiger partial charge < -0.3 is 0 Å². The van der Waals surface area contributed by atoms with Crippen LogP contribution in [0.25, 0.3) is 11.1 Å². The van der Waals surface area contributed by atoms with Crippen molar-refractivity contribution in [3.8, 4) is 11.1 Å². The number of hydrogen-bond acceptors (Lipinski definition) is 0. The first-order chi connectivity index (χ1) is 14.9. The van der Waals surface area contributed by atoms with Gasteiger partial charge in [-0.05, 0) is 71.5 Å². The van der Waals surface area contributed by atoms with E-state index in [1.165, 1.54) is 62.4 Å². The standard InChI is InChI=1S/C13H8F2.C6H11Si.C5H5F.2ClH.Zr/c14-10-3-1-8-5-9-2-4-11(15)7-13(9)12(8)6-10;7-6-4-2-1-3-5-6;6-5-3-1-2-4-5;;;/h1-4,6-7H,5H2;6H,1-5H2;1,3-4H,2H2;2*1H;/q;;;;;+2/p-2. The fourth-order valence-corrected chi connectivity index (χ4v) is 4.05. The van der Waals surface area contributed by atoms with E-state index in [-0.39, 0.29) is 17.5 Å². The summed E-state index contributed by atoms with van der Waals surface area (Å²) in [6.45, 7) is 0. The normalized spacial score (nSPS) is 15.7. The average Bonchev–Trinajstić information content (AvgIpc) is 3.36. The molecule has 2 aromatic carbocycles. The van der Waals surface area contributed by atoms with Crippen molar-refractivity contribution in [1.29, 1.82) is 0 Å². The number of hydrogen-bond donors (Lipinski definition) is 0. The van der Waals surface area contributed by atoms with E-state index in [2.05, 4.69) is 10.2 Å². The monoisotopic (exact) mass is 557 g/mol. The molecule has 2 aromatic rings. The van der Waals surface area contributed by atoms with Gasteiger partial charge >= 0.3 is 37.9 Å². The molecule has 3 aliphatic rings. The van der Waals surface area contributed by atoms with Crippen molar-refractivity contribution in [2.75, 3.05) is 0 Å². The third-order valence-electron chi connectivity index (χ3n) is 5.15. The summed E-state index contributed by atoms with van der Waals surface area (Å²) >= 11 is -0.826. The molecule has 0 saturated heterocycles. The van der Waals surface area contributed by atoms with Crippen molar-refractivity contribution in [3.05, 3.63) is 83.2 Å². The van der Waals surface area contributed by atoms with Gasteiger partial charge in [0.25, 0.3) is 0 Å². The molecule has 31 heavy (non-hydrogen) atoms. The molecule has 3 radical (unpaired) electrons. The van der Waals surface area contributed by atoms with E-state index in [9.17, 15) is 13.2 Å². The minimum absolute atomic E-state index is 0.102. The maximum atomic E-state index is 13.1. The summed E-state index contributed by atoms with van der Waals surface area (Å²) in [5.74, 6) is -0.647. The minimum atomic E-state index is -0.826. The molecule has 0 amide bonds. The second kappa shape index (κ2) is 14.5. The zero-order valence-electron chi connectivity index (χ0n) is 17.1. The predicted octanol–water partition coefficient (Wildman–Crippen LogP) is 8.62. The summed E-state index contributed by atoms with van der Waals surface area (Å²) in [7, 11) is 13.5. The molecule has 0 unspecified atom stereocenters. The van der Waals surface area contributed by atoms with Crippen LogP contribution in [0, 0.1) is 11.6 Å². The summed E-state index contributed by atoms with van der Waals surface area (Å²) < 4.78 is 37.8. The third-order valence-corrected chi connectivity index (χ3v) is 5.72. The Morgan fingerprint density at radius 3 is 1.68 bits per heavy atom. The first-order valence-corrected chi connectivity index (χ1v) is 17.1. The van der Waals surface area contributed by atoms with Crippen LogP contribution < -0.4 is 0 Å². The Balaban J connectivity index is 0.000000178. The Labute approximate surface area is 205 Å². The Morgan fingerprint density at radius 1 is 0.839 bits per heavy atom. The van der Waals surface area contributed by atoms with Crippen molar-refractivity contribution in [3.63, 3.8) is 0 Å². The Kier molecular flexibility index (Phi) is 12.5. The van der Waals surface area contributed by atoms with E-state index in [0.717, 1.165) is 40.6 Å². The Bertz CT molecular complexity index is 844. The number of allylic oxidation sites excluding steroid dienone is 4. The average molecular weight is 560 g/mol. The molecular weight excluding hydrogens is 535 g/mol.